The Labute approximate surface area is 183 Å². The molecule has 5 rings (SSSR count). The van der Waals surface area contributed by atoms with Gasteiger partial charge in [0.05, 0.1) is 11.7 Å². The zero-order chi connectivity index (χ0) is 21.2. The molecule has 31 heavy (non-hydrogen) atoms. The molecule has 0 spiro atoms. The van der Waals surface area contributed by atoms with Crippen molar-refractivity contribution in [3.63, 3.8) is 0 Å². The molecule has 0 saturated carbocycles. The van der Waals surface area contributed by atoms with E-state index in [-0.39, 0.29) is 5.91 Å². The van der Waals surface area contributed by atoms with Crippen LogP contribution in [0.3, 0.4) is 0 Å². The molecule has 2 heterocycles. The highest BCUT2D eigenvalue weighted by atomic mass is 35.5. The van der Waals surface area contributed by atoms with Crippen molar-refractivity contribution < 1.29 is 4.79 Å². The van der Waals surface area contributed by atoms with Crippen LogP contribution in [0.25, 0.3) is 32.9 Å². The summed E-state index contributed by atoms with van der Waals surface area (Å²) in [6.07, 6.45) is 1.50. The average Bonchev–Trinajstić information content (AvgIpc) is 3.20. The van der Waals surface area contributed by atoms with Gasteiger partial charge in [0, 0.05) is 27.4 Å². The van der Waals surface area contributed by atoms with Crippen LogP contribution in [0.2, 0.25) is 5.15 Å². The number of hydrogen-bond acceptors (Lipinski definition) is 3. The fourth-order valence-corrected chi connectivity index (χ4v) is 3.83. The third-order valence-electron chi connectivity index (χ3n) is 5.07. The minimum absolute atomic E-state index is 0.326. The number of halogens is 1. The Morgan fingerprint density at radius 3 is 2.58 bits per heavy atom. The number of rotatable bonds is 4. The summed E-state index contributed by atoms with van der Waals surface area (Å²) in [4.78, 5) is 20.6. The Morgan fingerprint density at radius 1 is 0.968 bits per heavy atom. The van der Waals surface area contributed by atoms with E-state index in [1.807, 2.05) is 84.9 Å². The lowest BCUT2D eigenvalue weighted by Crippen LogP contribution is -2.19. The summed E-state index contributed by atoms with van der Waals surface area (Å²) in [7, 11) is 0. The number of aromatic nitrogens is 2. The fourth-order valence-electron chi connectivity index (χ4n) is 3.63. The highest BCUT2D eigenvalue weighted by molar-refractivity contribution is 6.32. The fraction of sp³-hybridized carbons (Fsp3) is 0. The first kappa shape index (κ1) is 19.0. The molecule has 0 saturated heterocycles. The van der Waals surface area contributed by atoms with Crippen molar-refractivity contribution in [1.29, 1.82) is 0 Å². The van der Waals surface area contributed by atoms with Gasteiger partial charge in [0.1, 0.15) is 10.8 Å². The van der Waals surface area contributed by atoms with Crippen LogP contribution < -0.4 is 5.43 Å². The first-order chi connectivity index (χ1) is 15.2. The van der Waals surface area contributed by atoms with Gasteiger partial charge in [0.25, 0.3) is 5.91 Å². The second-order valence-corrected chi connectivity index (χ2v) is 7.40. The molecule has 3 aromatic carbocycles. The van der Waals surface area contributed by atoms with Gasteiger partial charge in [0.15, 0.2) is 0 Å². The van der Waals surface area contributed by atoms with Crippen LogP contribution in [0.15, 0.2) is 90.0 Å². The number of para-hydroxylation sites is 2. The van der Waals surface area contributed by atoms with Crippen molar-refractivity contribution in [2.45, 2.75) is 0 Å². The molecule has 2 N–H and O–H groups in total. The number of carbonyl (C=O) groups excluding carboxylic acids is 1. The van der Waals surface area contributed by atoms with Gasteiger partial charge in [-0.05, 0) is 23.8 Å². The molecule has 0 aliphatic rings. The number of hydrazone groups is 1. The Bertz CT molecular complexity index is 1440. The van der Waals surface area contributed by atoms with Crippen LogP contribution in [0, 0.1) is 0 Å². The third kappa shape index (κ3) is 3.67. The Morgan fingerprint density at radius 2 is 1.71 bits per heavy atom. The van der Waals surface area contributed by atoms with Crippen molar-refractivity contribution in [2.75, 3.05) is 0 Å². The molecule has 5 nitrogen and oxygen atoms in total. The SMILES string of the molecule is O=C(NN=Cc1cc2ccccc2nc1Cl)c1[nH]c2ccccc2c1-c1ccccc1. The van der Waals surface area contributed by atoms with Crippen LogP contribution in [0.1, 0.15) is 16.1 Å². The summed E-state index contributed by atoms with van der Waals surface area (Å²) in [5.74, 6) is -0.337. The summed E-state index contributed by atoms with van der Waals surface area (Å²) < 4.78 is 0. The van der Waals surface area contributed by atoms with Gasteiger partial charge in [-0.2, -0.15) is 5.10 Å². The van der Waals surface area contributed by atoms with Crippen molar-refractivity contribution >= 4 is 45.5 Å². The van der Waals surface area contributed by atoms with E-state index in [9.17, 15) is 4.79 Å². The maximum atomic E-state index is 13.0. The molecular formula is C25H17ClN4O. The highest BCUT2D eigenvalue weighted by Gasteiger charge is 2.18. The molecule has 1 amide bonds. The number of fused-ring (bicyclic) bond motifs is 2. The molecule has 0 fully saturated rings. The van der Waals surface area contributed by atoms with Crippen molar-refractivity contribution in [3.8, 4) is 11.1 Å². The number of amides is 1. The molecule has 0 atom stereocenters. The Kier molecular flexibility index (Phi) is 4.94. The van der Waals surface area contributed by atoms with Crippen LogP contribution in [-0.2, 0) is 0 Å². The number of aromatic amines is 1. The monoisotopic (exact) mass is 424 g/mol. The number of nitrogens with one attached hydrogen (secondary N) is 2. The topological polar surface area (TPSA) is 70.1 Å². The van der Waals surface area contributed by atoms with Crippen LogP contribution in [-0.4, -0.2) is 22.1 Å². The molecule has 2 aromatic heterocycles. The quantitative estimate of drug-likeness (QED) is 0.217. The van der Waals surface area contributed by atoms with E-state index in [1.165, 1.54) is 6.21 Å². The minimum Gasteiger partial charge on any atom is -0.350 e. The molecule has 6 heteroatoms. The van der Waals surface area contributed by atoms with E-state index >= 15 is 0 Å². The number of carbonyl (C=O) groups is 1. The maximum Gasteiger partial charge on any atom is 0.288 e. The summed E-state index contributed by atoms with van der Waals surface area (Å²) in [6, 6.07) is 27.2. The van der Waals surface area contributed by atoms with Crippen LogP contribution in [0.5, 0.6) is 0 Å². The summed E-state index contributed by atoms with van der Waals surface area (Å²) in [5, 5.41) is 6.37. The van der Waals surface area contributed by atoms with E-state index in [0.717, 1.165) is 32.9 Å². The van der Waals surface area contributed by atoms with Crippen molar-refractivity contribution in [1.82, 2.24) is 15.4 Å². The van der Waals surface area contributed by atoms with Gasteiger partial charge in [0.2, 0.25) is 0 Å². The summed E-state index contributed by atoms with van der Waals surface area (Å²) in [5.41, 5.74) is 7.17. The van der Waals surface area contributed by atoms with Crippen LogP contribution in [0.4, 0.5) is 0 Å². The Balaban J connectivity index is 1.47. The predicted molar refractivity (Wildman–Crippen MR) is 126 cm³/mol. The third-order valence-corrected chi connectivity index (χ3v) is 5.37. The zero-order valence-electron chi connectivity index (χ0n) is 16.3. The van der Waals surface area contributed by atoms with Gasteiger partial charge < -0.3 is 4.98 Å². The van der Waals surface area contributed by atoms with E-state index < -0.39 is 0 Å². The standard InChI is InChI=1S/C25H17ClN4O/c26-24-18(14-17-10-4-6-12-20(17)29-24)15-27-30-25(31)23-22(16-8-2-1-3-9-16)19-11-5-7-13-21(19)28-23/h1-15,28H,(H,30,31). The summed E-state index contributed by atoms with van der Waals surface area (Å²) in [6.45, 7) is 0. The molecule has 0 unspecified atom stereocenters. The molecule has 0 radical (unpaired) electrons. The van der Waals surface area contributed by atoms with Gasteiger partial charge in [-0.3, -0.25) is 4.79 Å². The second kappa shape index (κ2) is 8.05. The molecule has 150 valence electrons. The summed E-state index contributed by atoms with van der Waals surface area (Å²) >= 11 is 6.27. The molecule has 0 aliphatic carbocycles. The van der Waals surface area contributed by atoms with Gasteiger partial charge >= 0.3 is 0 Å². The average molecular weight is 425 g/mol. The van der Waals surface area contributed by atoms with Gasteiger partial charge in [-0.1, -0.05) is 78.3 Å². The van der Waals surface area contributed by atoms with Crippen LogP contribution >= 0.6 is 11.6 Å². The maximum absolute atomic E-state index is 13.0. The highest BCUT2D eigenvalue weighted by Crippen LogP contribution is 2.32. The first-order valence-corrected chi connectivity index (χ1v) is 10.1. The molecular weight excluding hydrogens is 408 g/mol. The molecule has 0 bridgehead atoms. The second-order valence-electron chi connectivity index (χ2n) is 7.05. The predicted octanol–water partition coefficient (Wildman–Crippen LogP) is 5.80. The number of hydrogen-bond donors (Lipinski definition) is 2. The number of nitrogens with zero attached hydrogens (tertiary/aromatic N) is 2. The largest absolute Gasteiger partial charge is 0.350 e. The number of pyridine rings is 1. The van der Waals surface area contributed by atoms with Crippen molar-refractivity contribution in [3.05, 3.63) is 101 Å². The van der Waals surface area contributed by atoms with E-state index in [0.29, 0.717) is 16.4 Å². The smallest absolute Gasteiger partial charge is 0.288 e. The molecule has 0 aliphatic heterocycles. The van der Waals surface area contributed by atoms with Gasteiger partial charge in [-0.25, -0.2) is 10.4 Å². The van der Waals surface area contributed by atoms with E-state index in [1.54, 1.807) is 0 Å². The van der Waals surface area contributed by atoms with Gasteiger partial charge in [-0.15, -0.1) is 0 Å². The number of H-pyrrole nitrogens is 1. The first-order valence-electron chi connectivity index (χ1n) is 9.75. The molecule has 5 aromatic rings. The normalized spacial score (nSPS) is 11.4. The lowest BCUT2D eigenvalue weighted by atomic mass is 10.0. The van der Waals surface area contributed by atoms with E-state index in [4.69, 9.17) is 11.6 Å². The minimum atomic E-state index is -0.337. The Hall–Kier alpha value is -3.96. The van der Waals surface area contributed by atoms with Crippen molar-refractivity contribution in [2.24, 2.45) is 5.10 Å². The zero-order valence-corrected chi connectivity index (χ0v) is 17.1. The van der Waals surface area contributed by atoms with E-state index in [2.05, 4.69) is 20.5 Å². The lowest BCUT2D eigenvalue weighted by molar-refractivity contribution is 0.0951. The lowest BCUT2D eigenvalue weighted by Gasteiger charge is -2.05. The number of benzene rings is 3.